The van der Waals surface area contributed by atoms with Crippen LogP contribution in [0.15, 0.2) is 30.3 Å². The van der Waals surface area contributed by atoms with Gasteiger partial charge in [0.2, 0.25) is 0 Å². The van der Waals surface area contributed by atoms with E-state index in [0.717, 1.165) is 57.2 Å². The van der Waals surface area contributed by atoms with Gasteiger partial charge in [-0.3, -0.25) is 9.69 Å². The molecule has 0 atom stereocenters. The summed E-state index contributed by atoms with van der Waals surface area (Å²) in [4.78, 5) is 22.6. The Kier molecular flexibility index (Phi) is 6.93. The molecule has 4 nitrogen and oxygen atoms in total. The van der Waals surface area contributed by atoms with Crippen LogP contribution in [0.25, 0.3) is 10.2 Å². The fraction of sp³-hybridized carbons (Fsp3) is 0.391. The van der Waals surface area contributed by atoms with Crippen molar-refractivity contribution in [2.75, 3.05) is 31.1 Å². The maximum Gasteiger partial charge on any atom is 0.260 e. The van der Waals surface area contributed by atoms with Gasteiger partial charge in [-0.15, -0.1) is 0 Å². The molecular formula is C23H28ClN3OS. The predicted octanol–water partition coefficient (Wildman–Crippen LogP) is 5.86. The number of aromatic nitrogens is 1. The highest BCUT2D eigenvalue weighted by Crippen LogP contribution is 2.34. The molecular weight excluding hydrogens is 402 g/mol. The summed E-state index contributed by atoms with van der Waals surface area (Å²) in [5.74, 6) is 0.00108. The van der Waals surface area contributed by atoms with Crippen molar-refractivity contribution in [1.82, 2.24) is 9.88 Å². The molecule has 0 radical (unpaired) electrons. The van der Waals surface area contributed by atoms with E-state index in [9.17, 15) is 4.79 Å². The number of anilines is 1. The number of hydrogen-bond donors (Lipinski definition) is 0. The summed E-state index contributed by atoms with van der Waals surface area (Å²) in [5.41, 5.74) is 4.73. The van der Waals surface area contributed by atoms with Gasteiger partial charge in [0.05, 0.1) is 10.2 Å². The molecule has 0 N–H and O–H groups in total. The van der Waals surface area contributed by atoms with Crippen LogP contribution in [0.2, 0.25) is 5.02 Å². The van der Waals surface area contributed by atoms with E-state index in [4.69, 9.17) is 16.6 Å². The third kappa shape index (κ3) is 4.80. The topological polar surface area (TPSA) is 36.4 Å². The number of carbonyl (C=O) groups is 1. The van der Waals surface area contributed by atoms with E-state index in [2.05, 4.69) is 18.7 Å². The number of aryl methyl sites for hydroxylation is 3. The quantitative estimate of drug-likeness (QED) is 0.471. The van der Waals surface area contributed by atoms with Crippen molar-refractivity contribution in [2.45, 2.75) is 34.6 Å². The number of halogens is 1. The summed E-state index contributed by atoms with van der Waals surface area (Å²) in [6.07, 6.45) is 0. The second-order valence-electron chi connectivity index (χ2n) is 7.37. The Balaban J connectivity index is 2.04. The minimum absolute atomic E-state index is 0.00108. The summed E-state index contributed by atoms with van der Waals surface area (Å²) >= 11 is 7.77. The number of fused-ring (bicyclic) bond motifs is 1. The van der Waals surface area contributed by atoms with E-state index in [0.29, 0.717) is 11.6 Å². The van der Waals surface area contributed by atoms with Crippen LogP contribution in [-0.4, -0.2) is 42.0 Å². The lowest BCUT2D eigenvalue weighted by molar-refractivity contribution is 0.0983. The lowest BCUT2D eigenvalue weighted by atomic mass is 10.0. The van der Waals surface area contributed by atoms with Gasteiger partial charge in [-0.1, -0.05) is 54.5 Å². The highest BCUT2D eigenvalue weighted by Gasteiger charge is 2.23. The monoisotopic (exact) mass is 429 g/mol. The molecule has 0 aliphatic heterocycles. The van der Waals surface area contributed by atoms with Crippen LogP contribution >= 0.6 is 22.9 Å². The van der Waals surface area contributed by atoms with Crippen molar-refractivity contribution in [2.24, 2.45) is 0 Å². The number of benzene rings is 2. The van der Waals surface area contributed by atoms with Gasteiger partial charge in [-0.25, -0.2) is 4.98 Å². The van der Waals surface area contributed by atoms with E-state index >= 15 is 0 Å². The number of nitrogens with zero attached hydrogens (tertiary/aromatic N) is 3. The molecule has 0 aliphatic carbocycles. The van der Waals surface area contributed by atoms with Gasteiger partial charge in [0, 0.05) is 23.7 Å². The molecule has 1 amide bonds. The summed E-state index contributed by atoms with van der Waals surface area (Å²) in [6, 6.07) is 9.86. The molecule has 3 aromatic rings. The molecule has 1 aromatic heterocycles. The Labute approximate surface area is 182 Å². The number of likely N-dealkylation sites (N-methyl/N-ethyl adjacent to an activating group) is 1. The number of rotatable bonds is 7. The molecule has 0 saturated carbocycles. The Morgan fingerprint density at radius 2 is 1.76 bits per heavy atom. The maximum absolute atomic E-state index is 13.6. The number of carbonyl (C=O) groups excluding carboxylic acids is 1. The average Bonchev–Trinajstić information content (AvgIpc) is 3.10. The molecule has 154 valence electrons. The molecule has 0 bridgehead atoms. The van der Waals surface area contributed by atoms with E-state index in [-0.39, 0.29) is 5.91 Å². The number of thiazole rings is 1. The molecule has 3 rings (SSSR count). The minimum Gasteiger partial charge on any atom is -0.302 e. The second kappa shape index (κ2) is 9.24. The third-order valence-electron chi connectivity index (χ3n) is 5.27. The van der Waals surface area contributed by atoms with Crippen LogP contribution in [-0.2, 0) is 0 Å². The summed E-state index contributed by atoms with van der Waals surface area (Å²) in [5, 5.41) is 1.42. The Hall–Kier alpha value is -1.95. The number of hydrogen-bond acceptors (Lipinski definition) is 4. The first-order valence-electron chi connectivity index (χ1n) is 10.0. The van der Waals surface area contributed by atoms with Gasteiger partial charge < -0.3 is 4.90 Å². The molecule has 0 fully saturated rings. The lowest BCUT2D eigenvalue weighted by Gasteiger charge is -2.25. The van der Waals surface area contributed by atoms with E-state index < -0.39 is 0 Å². The molecule has 2 aromatic carbocycles. The molecule has 0 aliphatic rings. The van der Waals surface area contributed by atoms with E-state index in [1.165, 1.54) is 11.3 Å². The fourth-order valence-electron chi connectivity index (χ4n) is 3.44. The zero-order valence-electron chi connectivity index (χ0n) is 17.8. The Bertz CT molecular complexity index is 1030. The van der Waals surface area contributed by atoms with Gasteiger partial charge in [0.15, 0.2) is 5.13 Å². The van der Waals surface area contributed by atoms with E-state index in [1.54, 1.807) is 0 Å². The van der Waals surface area contributed by atoms with Crippen LogP contribution in [0.5, 0.6) is 0 Å². The molecule has 0 saturated heterocycles. The van der Waals surface area contributed by atoms with Crippen LogP contribution in [0.1, 0.15) is 40.9 Å². The first-order chi connectivity index (χ1) is 13.8. The molecule has 0 spiro atoms. The standard InChI is InChI=1S/C23H28ClN3OS/c1-6-26(7-2)10-11-27(22(28)19-12-15(3)8-9-16(19)4)23-25-21-17(5)13-18(24)14-20(21)29-23/h8-9,12-14H,6-7,10-11H2,1-5H3. The first-order valence-corrected chi connectivity index (χ1v) is 11.2. The van der Waals surface area contributed by atoms with Crippen molar-refractivity contribution in [3.63, 3.8) is 0 Å². The zero-order valence-corrected chi connectivity index (χ0v) is 19.3. The average molecular weight is 430 g/mol. The van der Waals surface area contributed by atoms with Crippen molar-refractivity contribution < 1.29 is 4.79 Å². The van der Waals surface area contributed by atoms with Gasteiger partial charge in [0.25, 0.3) is 5.91 Å². The van der Waals surface area contributed by atoms with Crippen LogP contribution in [0.3, 0.4) is 0 Å². The predicted molar refractivity (Wildman–Crippen MR) is 125 cm³/mol. The van der Waals surface area contributed by atoms with Crippen LogP contribution in [0.4, 0.5) is 5.13 Å². The Morgan fingerprint density at radius 1 is 1.03 bits per heavy atom. The van der Waals surface area contributed by atoms with Crippen molar-refractivity contribution in [1.29, 1.82) is 0 Å². The van der Waals surface area contributed by atoms with Gasteiger partial charge in [-0.05, 0) is 63.2 Å². The maximum atomic E-state index is 13.6. The molecule has 1 heterocycles. The highest BCUT2D eigenvalue weighted by molar-refractivity contribution is 7.22. The van der Waals surface area contributed by atoms with E-state index in [1.807, 2.05) is 56.0 Å². The first kappa shape index (κ1) is 21.8. The fourth-order valence-corrected chi connectivity index (χ4v) is 4.88. The summed E-state index contributed by atoms with van der Waals surface area (Å²) in [7, 11) is 0. The number of amides is 1. The van der Waals surface area contributed by atoms with Crippen LogP contribution < -0.4 is 4.90 Å². The van der Waals surface area contributed by atoms with Gasteiger partial charge >= 0.3 is 0 Å². The third-order valence-corrected chi connectivity index (χ3v) is 6.52. The van der Waals surface area contributed by atoms with Gasteiger partial charge in [-0.2, -0.15) is 0 Å². The second-order valence-corrected chi connectivity index (χ2v) is 8.81. The Morgan fingerprint density at radius 3 is 2.45 bits per heavy atom. The molecule has 6 heteroatoms. The van der Waals surface area contributed by atoms with Crippen molar-refractivity contribution in [3.8, 4) is 0 Å². The zero-order chi connectivity index (χ0) is 21.1. The van der Waals surface area contributed by atoms with Gasteiger partial charge in [0.1, 0.15) is 0 Å². The lowest BCUT2D eigenvalue weighted by Crippen LogP contribution is -2.39. The minimum atomic E-state index is 0.00108. The molecule has 29 heavy (non-hydrogen) atoms. The largest absolute Gasteiger partial charge is 0.302 e. The SMILES string of the molecule is CCN(CC)CCN(C(=O)c1cc(C)ccc1C)c1nc2c(C)cc(Cl)cc2s1. The summed E-state index contributed by atoms with van der Waals surface area (Å²) in [6.45, 7) is 13.6. The smallest absolute Gasteiger partial charge is 0.260 e. The van der Waals surface area contributed by atoms with Crippen molar-refractivity contribution >= 4 is 44.2 Å². The summed E-state index contributed by atoms with van der Waals surface area (Å²) < 4.78 is 1.01. The normalized spacial score (nSPS) is 11.4. The highest BCUT2D eigenvalue weighted by atomic mass is 35.5. The van der Waals surface area contributed by atoms with Crippen molar-refractivity contribution in [3.05, 3.63) is 57.6 Å². The van der Waals surface area contributed by atoms with Crippen LogP contribution in [0, 0.1) is 20.8 Å². The molecule has 0 unspecified atom stereocenters.